The highest BCUT2D eigenvalue weighted by molar-refractivity contribution is 5.69. The van der Waals surface area contributed by atoms with E-state index in [1.54, 1.807) is 13.2 Å². The van der Waals surface area contributed by atoms with Gasteiger partial charge in [-0.1, -0.05) is 64.1 Å². The maximum absolute atomic E-state index is 14.3. The minimum absolute atomic E-state index is 0.0683. The minimum atomic E-state index is -0.197. The summed E-state index contributed by atoms with van der Waals surface area (Å²) in [5.41, 5.74) is 3.77. The quantitative estimate of drug-likeness (QED) is 0.694. The third-order valence-electron chi connectivity index (χ3n) is 3.99. The second-order valence-electron chi connectivity index (χ2n) is 6.74. The highest BCUT2D eigenvalue weighted by atomic mass is 19.1. The monoisotopic (exact) mass is 300 g/mol. The van der Waals surface area contributed by atoms with Crippen LogP contribution < -0.4 is 0 Å². The number of hydrogen-bond acceptors (Lipinski definition) is 1. The standard InChI is InChI=1S/C20H25FO/c1-6-14-11-12-15(16-9-7-8-10-18(16)21)17(13-14)19(22-5)20(2,3)4/h7-13,19H,6H2,1-5H3/t19-/m0/s1. The van der Waals surface area contributed by atoms with Crippen molar-refractivity contribution in [2.75, 3.05) is 7.11 Å². The second kappa shape index (κ2) is 6.62. The van der Waals surface area contributed by atoms with Gasteiger partial charge in [0.25, 0.3) is 0 Å². The average Bonchev–Trinajstić information content (AvgIpc) is 2.47. The first-order chi connectivity index (χ1) is 10.4. The van der Waals surface area contributed by atoms with Gasteiger partial charge in [-0.15, -0.1) is 0 Å². The number of rotatable bonds is 4. The summed E-state index contributed by atoms with van der Waals surface area (Å²) in [6.45, 7) is 8.56. The fourth-order valence-corrected chi connectivity index (χ4v) is 2.92. The molecule has 0 heterocycles. The number of hydrogen-bond donors (Lipinski definition) is 0. The summed E-state index contributed by atoms with van der Waals surface area (Å²) in [6.07, 6.45) is 0.860. The molecule has 0 aliphatic carbocycles. The highest BCUT2D eigenvalue weighted by Crippen LogP contribution is 2.41. The van der Waals surface area contributed by atoms with Gasteiger partial charge >= 0.3 is 0 Å². The predicted molar refractivity (Wildman–Crippen MR) is 90.4 cm³/mol. The Morgan fingerprint density at radius 1 is 1.05 bits per heavy atom. The maximum Gasteiger partial charge on any atom is 0.131 e. The molecule has 2 aromatic rings. The van der Waals surface area contributed by atoms with E-state index in [4.69, 9.17) is 4.74 Å². The zero-order chi connectivity index (χ0) is 16.3. The Kier molecular flexibility index (Phi) is 5.02. The molecule has 0 bridgehead atoms. The van der Waals surface area contributed by atoms with Crippen LogP contribution in [0.5, 0.6) is 0 Å². The molecule has 0 aromatic heterocycles. The van der Waals surface area contributed by atoms with Crippen molar-refractivity contribution in [3.63, 3.8) is 0 Å². The van der Waals surface area contributed by atoms with Gasteiger partial charge < -0.3 is 4.74 Å². The van der Waals surface area contributed by atoms with Gasteiger partial charge in [-0.3, -0.25) is 0 Å². The van der Waals surface area contributed by atoms with Gasteiger partial charge in [0, 0.05) is 12.7 Å². The second-order valence-corrected chi connectivity index (χ2v) is 6.74. The molecule has 0 N–H and O–H groups in total. The molecule has 1 atom stereocenters. The molecule has 0 aliphatic rings. The summed E-state index contributed by atoms with van der Waals surface area (Å²) in [7, 11) is 1.72. The first-order valence-electron chi connectivity index (χ1n) is 7.79. The van der Waals surface area contributed by atoms with E-state index >= 15 is 0 Å². The summed E-state index contributed by atoms with van der Waals surface area (Å²) >= 11 is 0. The van der Waals surface area contributed by atoms with E-state index in [-0.39, 0.29) is 17.3 Å². The lowest BCUT2D eigenvalue weighted by molar-refractivity contribution is 0.0155. The van der Waals surface area contributed by atoms with Crippen LogP contribution in [0.15, 0.2) is 42.5 Å². The first kappa shape index (κ1) is 16.7. The average molecular weight is 300 g/mol. The topological polar surface area (TPSA) is 9.23 Å². The van der Waals surface area contributed by atoms with E-state index in [1.165, 1.54) is 11.6 Å². The Morgan fingerprint density at radius 3 is 2.27 bits per heavy atom. The fourth-order valence-electron chi connectivity index (χ4n) is 2.92. The van der Waals surface area contributed by atoms with Crippen molar-refractivity contribution in [2.24, 2.45) is 5.41 Å². The van der Waals surface area contributed by atoms with Gasteiger partial charge in [-0.2, -0.15) is 0 Å². The van der Waals surface area contributed by atoms with E-state index in [0.717, 1.165) is 17.5 Å². The summed E-state index contributed by atoms with van der Waals surface area (Å²) in [5, 5.41) is 0. The van der Waals surface area contributed by atoms with Crippen molar-refractivity contribution in [3.05, 3.63) is 59.4 Å². The Bertz CT molecular complexity index is 640. The van der Waals surface area contributed by atoms with Crippen molar-refractivity contribution < 1.29 is 9.13 Å². The lowest BCUT2D eigenvalue weighted by Crippen LogP contribution is -2.21. The van der Waals surface area contributed by atoms with Crippen LogP contribution >= 0.6 is 0 Å². The summed E-state index contributed by atoms with van der Waals surface area (Å²) in [6, 6.07) is 13.2. The molecule has 0 fully saturated rings. The predicted octanol–water partition coefficient (Wildman–Crippen LogP) is 5.79. The van der Waals surface area contributed by atoms with Crippen molar-refractivity contribution in [2.45, 2.75) is 40.2 Å². The van der Waals surface area contributed by atoms with Gasteiger partial charge in [0.1, 0.15) is 5.82 Å². The molecular formula is C20H25FO. The maximum atomic E-state index is 14.3. The summed E-state index contributed by atoms with van der Waals surface area (Å²) in [4.78, 5) is 0. The van der Waals surface area contributed by atoms with Crippen LogP contribution in [0.1, 0.15) is 44.9 Å². The van der Waals surface area contributed by atoms with Crippen LogP contribution in [0.3, 0.4) is 0 Å². The Morgan fingerprint density at radius 2 is 1.73 bits per heavy atom. The molecule has 0 saturated carbocycles. The number of aryl methyl sites for hydroxylation is 1. The molecule has 0 saturated heterocycles. The largest absolute Gasteiger partial charge is 0.376 e. The Hall–Kier alpha value is -1.67. The number of ether oxygens (including phenoxy) is 1. The molecule has 2 heteroatoms. The number of halogens is 1. The normalized spacial score (nSPS) is 13.2. The zero-order valence-electron chi connectivity index (χ0n) is 14.1. The Labute approximate surface area is 133 Å². The minimum Gasteiger partial charge on any atom is -0.376 e. The van der Waals surface area contributed by atoms with Crippen molar-refractivity contribution in [1.82, 2.24) is 0 Å². The van der Waals surface area contributed by atoms with Crippen LogP contribution in [0.4, 0.5) is 4.39 Å². The molecule has 2 rings (SSSR count). The fraction of sp³-hybridized carbons (Fsp3) is 0.400. The molecule has 0 spiro atoms. The van der Waals surface area contributed by atoms with Crippen molar-refractivity contribution >= 4 is 0 Å². The van der Waals surface area contributed by atoms with Gasteiger partial charge in [0.15, 0.2) is 0 Å². The van der Waals surface area contributed by atoms with E-state index in [0.29, 0.717) is 5.56 Å². The highest BCUT2D eigenvalue weighted by Gasteiger charge is 2.29. The number of benzene rings is 2. The van der Waals surface area contributed by atoms with Crippen LogP contribution in [0.25, 0.3) is 11.1 Å². The zero-order valence-corrected chi connectivity index (χ0v) is 14.1. The Balaban J connectivity index is 2.67. The van der Waals surface area contributed by atoms with Gasteiger partial charge in [0.2, 0.25) is 0 Å². The lowest BCUT2D eigenvalue weighted by atomic mass is 9.81. The molecule has 118 valence electrons. The summed E-state index contributed by atoms with van der Waals surface area (Å²) in [5.74, 6) is -0.197. The summed E-state index contributed by atoms with van der Waals surface area (Å²) < 4.78 is 20.0. The molecular weight excluding hydrogens is 275 g/mol. The van der Waals surface area contributed by atoms with Crippen molar-refractivity contribution in [3.8, 4) is 11.1 Å². The van der Waals surface area contributed by atoms with Crippen LogP contribution in [0.2, 0.25) is 0 Å². The molecule has 0 unspecified atom stereocenters. The van der Waals surface area contributed by atoms with E-state index in [2.05, 4.69) is 39.8 Å². The van der Waals surface area contributed by atoms with Crippen LogP contribution in [0, 0.1) is 11.2 Å². The van der Waals surface area contributed by atoms with Crippen LogP contribution in [-0.2, 0) is 11.2 Å². The SMILES string of the molecule is CCc1ccc(-c2ccccc2F)c([C@H](OC)C(C)(C)C)c1. The van der Waals surface area contributed by atoms with Gasteiger partial charge in [-0.05, 0) is 34.6 Å². The molecule has 2 aromatic carbocycles. The van der Waals surface area contributed by atoms with Crippen LogP contribution in [-0.4, -0.2) is 7.11 Å². The molecule has 0 amide bonds. The van der Waals surface area contributed by atoms with E-state index < -0.39 is 0 Å². The van der Waals surface area contributed by atoms with E-state index in [1.807, 2.05) is 18.2 Å². The third-order valence-corrected chi connectivity index (χ3v) is 3.99. The lowest BCUT2D eigenvalue weighted by Gasteiger charge is -2.31. The third kappa shape index (κ3) is 3.38. The molecule has 0 aliphatic heterocycles. The van der Waals surface area contributed by atoms with E-state index in [9.17, 15) is 4.39 Å². The van der Waals surface area contributed by atoms with Gasteiger partial charge in [-0.25, -0.2) is 4.39 Å². The molecule has 1 nitrogen and oxygen atoms in total. The first-order valence-corrected chi connectivity index (χ1v) is 7.79. The van der Waals surface area contributed by atoms with Gasteiger partial charge in [0.05, 0.1) is 6.10 Å². The molecule has 0 radical (unpaired) electrons. The van der Waals surface area contributed by atoms with Crippen molar-refractivity contribution in [1.29, 1.82) is 0 Å². The smallest absolute Gasteiger partial charge is 0.131 e. The molecule has 22 heavy (non-hydrogen) atoms. The number of methoxy groups -OCH3 is 1.